The Morgan fingerprint density at radius 1 is 1.02 bits per heavy atom. The van der Waals surface area contributed by atoms with Gasteiger partial charge in [0.25, 0.3) is 5.56 Å². The number of pyridine rings is 2. The van der Waals surface area contributed by atoms with Crippen LogP contribution < -0.4 is 10.3 Å². The first-order valence-corrected chi connectivity index (χ1v) is 14.7. The van der Waals surface area contributed by atoms with E-state index in [0.29, 0.717) is 29.1 Å². The molecule has 0 aliphatic carbocycles. The molecule has 0 radical (unpaired) electrons. The number of hydrogen-bond donors (Lipinski definition) is 1. The number of aromatic nitrogens is 2. The van der Waals surface area contributed by atoms with E-state index in [4.69, 9.17) is 19.2 Å². The first kappa shape index (κ1) is 29.3. The third-order valence-corrected chi connectivity index (χ3v) is 8.42. The molecule has 0 unspecified atom stereocenters. The molecule has 1 N–H and O–H groups in total. The van der Waals surface area contributed by atoms with Crippen LogP contribution in [0.25, 0.3) is 22.3 Å². The second-order valence-corrected chi connectivity index (χ2v) is 11.2. The van der Waals surface area contributed by atoms with Gasteiger partial charge in [0.2, 0.25) is 0 Å². The first-order valence-electron chi connectivity index (χ1n) is 14.7. The Morgan fingerprint density at radius 3 is 2.50 bits per heavy atom. The average molecular weight is 597 g/mol. The zero-order chi connectivity index (χ0) is 31.2. The van der Waals surface area contributed by atoms with E-state index >= 15 is 0 Å². The standard InChI is InChI=1S/C34H32N2O8/c1-4-22-23-14-21(44-30(38)13-12-29(37)42-17-20-8-6-19(3)7-9-20)10-11-27(23)35-31-24(22)16-36-28(31)15-26-25(32(36)39)18-43-33(40)34(26,41)5-2/h6-11,14-15,41H,4-5,12-13,16-18H2,1-3H3/t34-/m0/s1. The summed E-state index contributed by atoms with van der Waals surface area (Å²) in [6, 6.07) is 14.5. The maximum Gasteiger partial charge on any atom is 0.343 e. The molecule has 0 saturated carbocycles. The van der Waals surface area contributed by atoms with E-state index in [9.17, 15) is 24.3 Å². The summed E-state index contributed by atoms with van der Waals surface area (Å²) < 4.78 is 17.6. The lowest BCUT2D eigenvalue weighted by molar-refractivity contribution is -0.172. The summed E-state index contributed by atoms with van der Waals surface area (Å²) in [4.78, 5) is 55.6. The van der Waals surface area contributed by atoms with Crippen LogP contribution in [0.1, 0.15) is 66.5 Å². The molecule has 10 nitrogen and oxygen atoms in total. The van der Waals surface area contributed by atoms with Crippen molar-refractivity contribution in [3.8, 4) is 17.1 Å². The molecule has 2 aromatic carbocycles. The third-order valence-electron chi connectivity index (χ3n) is 8.42. The molecular weight excluding hydrogens is 564 g/mol. The molecule has 226 valence electrons. The lowest BCUT2D eigenvalue weighted by atomic mass is 9.86. The van der Waals surface area contributed by atoms with Crippen LogP contribution >= 0.6 is 0 Å². The van der Waals surface area contributed by atoms with Crippen molar-refractivity contribution in [3.05, 3.63) is 92.3 Å². The van der Waals surface area contributed by atoms with Gasteiger partial charge in [-0.15, -0.1) is 0 Å². The molecule has 4 heterocycles. The maximum absolute atomic E-state index is 13.5. The number of ether oxygens (including phenoxy) is 3. The Bertz CT molecular complexity index is 1890. The van der Waals surface area contributed by atoms with Gasteiger partial charge in [0.1, 0.15) is 19.0 Å². The number of aliphatic hydroxyl groups is 1. The van der Waals surface area contributed by atoms with Crippen molar-refractivity contribution in [2.45, 2.75) is 71.8 Å². The van der Waals surface area contributed by atoms with Crippen LogP contribution in [0.4, 0.5) is 0 Å². The van der Waals surface area contributed by atoms with Gasteiger partial charge in [-0.1, -0.05) is 43.7 Å². The molecule has 1 atom stereocenters. The molecule has 2 aromatic heterocycles. The summed E-state index contributed by atoms with van der Waals surface area (Å²) >= 11 is 0. The van der Waals surface area contributed by atoms with Crippen LogP contribution in [0.3, 0.4) is 0 Å². The molecule has 2 aliphatic rings. The molecule has 4 aromatic rings. The second-order valence-electron chi connectivity index (χ2n) is 11.2. The highest BCUT2D eigenvalue weighted by Gasteiger charge is 2.45. The maximum atomic E-state index is 13.5. The fourth-order valence-corrected chi connectivity index (χ4v) is 5.92. The third kappa shape index (κ3) is 5.05. The Labute approximate surface area is 253 Å². The van der Waals surface area contributed by atoms with Crippen LogP contribution in [-0.2, 0) is 55.6 Å². The summed E-state index contributed by atoms with van der Waals surface area (Å²) in [7, 11) is 0. The van der Waals surface area contributed by atoms with Crippen molar-refractivity contribution in [1.82, 2.24) is 9.55 Å². The lowest BCUT2D eigenvalue weighted by Crippen LogP contribution is -2.44. The molecule has 0 fully saturated rings. The number of nitrogens with zero attached hydrogens (tertiary/aromatic N) is 2. The number of carbonyl (C=O) groups is 3. The lowest BCUT2D eigenvalue weighted by Gasteiger charge is -2.31. The topological polar surface area (TPSA) is 134 Å². The molecule has 44 heavy (non-hydrogen) atoms. The highest BCUT2D eigenvalue weighted by molar-refractivity contribution is 5.90. The Balaban J connectivity index is 1.22. The number of hydrogen-bond acceptors (Lipinski definition) is 9. The minimum atomic E-state index is -1.90. The second kappa shape index (κ2) is 11.3. The summed E-state index contributed by atoms with van der Waals surface area (Å²) in [5, 5.41) is 11.9. The normalized spacial score (nSPS) is 16.6. The van der Waals surface area contributed by atoms with Gasteiger partial charge in [0.05, 0.1) is 41.9 Å². The number of rotatable bonds is 8. The quantitative estimate of drug-likeness (QED) is 0.205. The predicted molar refractivity (Wildman–Crippen MR) is 160 cm³/mol. The van der Waals surface area contributed by atoms with E-state index in [1.54, 1.807) is 35.8 Å². The van der Waals surface area contributed by atoms with E-state index in [2.05, 4.69) is 0 Å². The summed E-state index contributed by atoms with van der Waals surface area (Å²) in [6.07, 6.45) is 0.450. The molecule has 0 spiro atoms. The van der Waals surface area contributed by atoms with Gasteiger partial charge >= 0.3 is 17.9 Å². The van der Waals surface area contributed by atoms with Crippen LogP contribution in [0.15, 0.2) is 53.3 Å². The van der Waals surface area contributed by atoms with E-state index in [1.807, 2.05) is 38.1 Å². The van der Waals surface area contributed by atoms with Crippen LogP contribution in [0.5, 0.6) is 5.75 Å². The van der Waals surface area contributed by atoms with Gasteiger partial charge in [-0.2, -0.15) is 0 Å². The molecular formula is C34H32N2O8. The van der Waals surface area contributed by atoms with Crippen molar-refractivity contribution < 1.29 is 33.7 Å². The highest BCUT2D eigenvalue weighted by Crippen LogP contribution is 2.40. The molecule has 6 rings (SSSR count). The summed E-state index contributed by atoms with van der Waals surface area (Å²) in [5.74, 6) is -1.50. The first-order chi connectivity index (χ1) is 21.1. The minimum Gasteiger partial charge on any atom is -0.461 e. The molecule has 2 aliphatic heterocycles. The number of carbonyl (C=O) groups excluding carboxylic acids is 3. The summed E-state index contributed by atoms with van der Waals surface area (Å²) in [5.41, 5.74) is 3.88. The van der Waals surface area contributed by atoms with Gasteiger partial charge < -0.3 is 23.9 Å². The van der Waals surface area contributed by atoms with E-state index < -0.39 is 23.5 Å². The number of aryl methyl sites for hydroxylation is 2. The smallest absolute Gasteiger partial charge is 0.343 e. The van der Waals surface area contributed by atoms with Crippen LogP contribution in [0, 0.1) is 6.92 Å². The molecule has 0 amide bonds. The van der Waals surface area contributed by atoms with Gasteiger partial charge in [0, 0.05) is 16.5 Å². The Hall–Kier alpha value is -4.83. The SMILES string of the molecule is CCc1c2c(nc3ccc(OC(=O)CCC(=O)OCc4ccc(C)cc4)cc13)-c1cc3c(c(=O)n1C2)COC(=O)[C@]3(O)CC. The van der Waals surface area contributed by atoms with Gasteiger partial charge in [-0.3, -0.25) is 14.4 Å². The molecule has 0 bridgehead atoms. The number of benzene rings is 2. The van der Waals surface area contributed by atoms with Crippen molar-refractivity contribution >= 4 is 28.8 Å². The van der Waals surface area contributed by atoms with Crippen LogP contribution in [0.2, 0.25) is 0 Å². The van der Waals surface area contributed by atoms with Crippen molar-refractivity contribution in [3.63, 3.8) is 0 Å². The molecule has 10 heteroatoms. The fraction of sp³-hybridized carbons (Fsp3) is 0.324. The van der Waals surface area contributed by atoms with Crippen molar-refractivity contribution in [1.29, 1.82) is 0 Å². The van der Waals surface area contributed by atoms with Gasteiger partial charge in [-0.05, 0) is 55.2 Å². The van der Waals surface area contributed by atoms with Gasteiger partial charge in [0.15, 0.2) is 5.60 Å². The monoisotopic (exact) mass is 596 g/mol. The Kier molecular flexibility index (Phi) is 7.54. The zero-order valence-corrected chi connectivity index (χ0v) is 24.8. The molecule has 0 saturated heterocycles. The van der Waals surface area contributed by atoms with Crippen molar-refractivity contribution in [2.75, 3.05) is 0 Å². The van der Waals surface area contributed by atoms with Gasteiger partial charge in [-0.25, -0.2) is 9.78 Å². The van der Waals surface area contributed by atoms with Crippen molar-refractivity contribution in [2.24, 2.45) is 0 Å². The number of cyclic esters (lactones) is 1. The predicted octanol–water partition coefficient (Wildman–Crippen LogP) is 4.38. The van der Waals surface area contributed by atoms with E-state index in [0.717, 1.165) is 27.6 Å². The highest BCUT2D eigenvalue weighted by atomic mass is 16.6. The van der Waals surface area contributed by atoms with E-state index in [1.165, 1.54) is 0 Å². The number of fused-ring (bicyclic) bond motifs is 5. The zero-order valence-electron chi connectivity index (χ0n) is 24.8. The van der Waals surface area contributed by atoms with Crippen LogP contribution in [-0.4, -0.2) is 32.6 Å². The largest absolute Gasteiger partial charge is 0.461 e. The summed E-state index contributed by atoms with van der Waals surface area (Å²) in [6.45, 7) is 5.86. The Morgan fingerprint density at radius 2 is 1.77 bits per heavy atom. The minimum absolute atomic E-state index is 0.0655. The fourth-order valence-electron chi connectivity index (χ4n) is 5.92. The van der Waals surface area contributed by atoms with E-state index in [-0.39, 0.29) is 55.7 Å². The number of esters is 3. The average Bonchev–Trinajstić information content (AvgIpc) is 3.39.